The number of rotatable bonds is 2. The lowest BCUT2D eigenvalue weighted by atomic mass is 9.54. The Hall–Kier alpha value is -0.200. The van der Waals surface area contributed by atoms with E-state index in [-0.39, 0.29) is 12.2 Å². The Morgan fingerprint density at radius 2 is 1.62 bits per heavy atom. The van der Waals surface area contributed by atoms with Gasteiger partial charge in [-0.25, -0.2) is 0 Å². The summed E-state index contributed by atoms with van der Waals surface area (Å²) in [5, 5.41) is 0. The zero-order valence-electron chi connectivity index (χ0n) is 16.5. The number of fused-ring (bicyclic) bond motifs is 6. The van der Waals surface area contributed by atoms with Crippen molar-refractivity contribution in [1.29, 1.82) is 0 Å². The third kappa shape index (κ3) is 2.69. The zero-order chi connectivity index (χ0) is 17.8. The second kappa shape index (κ2) is 7.00. The first-order valence-electron chi connectivity index (χ1n) is 10.7. The lowest BCUT2D eigenvalue weighted by Gasteiger charge is -2.60. The fourth-order valence-electron chi connectivity index (χ4n) is 7.63. The Kier molecular flexibility index (Phi) is 4.81. The minimum absolute atomic E-state index is 0.263. The van der Waals surface area contributed by atoms with E-state index in [1.165, 1.54) is 38.6 Å². The van der Waals surface area contributed by atoms with Crippen LogP contribution in [0.3, 0.4) is 0 Å². The summed E-state index contributed by atoms with van der Waals surface area (Å²) in [6, 6.07) is 0.674. The topological polar surface area (TPSA) is 40.2 Å². The lowest BCUT2D eigenvalue weighted by Crippen LogP contribution is -2.64. The molecule has 2 heterocycles. The average molecular weight is 366 g/mol. The van der Waals surface area contributed by atoms with E-state index >= 15 is 0 Å². The van der Waals surface area contributed by atoms with Crippen LogP contribution < -0.4 is 0 Å². The van der Waals surface area contributed by atoms with Crippen LogP contribution in [0.1, 0.15) is 38.5 Å². The average Bonchev–Trinajstić information content (AvgIpc) is 3.12. The highest BCUT2D eigenvalue weighted by Gasteiger charge is 2.56. The Bertz CT molecular complexity index is 516. The fourth-order valence-corrected chi connectivity index (χ4v) is 7.63. The number of likely N-dealkylation sites (tertiary alicyclic amines) is 1. The van der Waals surface area contributed by atoms with E-state index in [1.54, 1.807) is 0 Å². The van der Waals surface area contributed by atoms with Crippen LogP contribution in [0.2, 0.25) is 0 Å². The van der Waals surface area contributed by atoms with Crippen LogP contribution in [-0.4, -0.2) is 70.0 Å². The number of piperidine rings is 1. The van der Waals surface area contributed by atoms with Gasteiger partial charge in [-0.2, -0.15) is 0 Å². The van der Waals surface area contributed by atoms with E-state index in [4.69, 9.17) is 18.9 Å². The van der Waals surface area contributed by atoms with Gasteiger partial charge in [0, 0.05) is 26.8 Å². The van der Waals surface area contributed by atoms with Crippen molar-refractivity contribution in [3.05, 3.63) is 0 Å². The van der Waals surface area contributed by atoms with Gasteiger partial charge >= 0.3 is 0 Å². The van der Waals surface area contributed by atoms with Gasteiger partial charge in [0.1, 0.15) is 6.79 Å². The van der Waals surface area contributed by atoms with E-state index < -0.39 is 0 Å². The molecule has 0 aromatic rings. The molecule has 0 aromatic heterocycles. The maximum Gasteiger partial charge on any atom is 0.147 e. The summed E-state index contributed by atoms with van der Waals surface area (Å²) in [5.74, 6) is 3.71. The summed E-state index contributed by atoms with van der Waals surface area (Å²) in [6.07, 6.45) is 8.72. The lowest BCUT2D eigenvalue weighted by molar-refractivity contribution is -0.172. The van der Waals surface area contributed by atoms with E-state index in [1.807, 2.05) is 14.2 Å². The van der Waals surface area contributed by atoms with Crippen LogP contribution in [0.5, 0.6) is 0 Å². The van der Waals surface area contributed by atoms with E-state index in [9.17, 15) is 0 Å². The van der Waals surface area contributed by atoms with Crippen LogP contribution in [-0.2, 0) is 18.9 Å². The second-order valence-corrected chi connectivity index (χ2v) is 9.48. The van der Waals surface area contributed by atoms with E-state index in [0.29, 0.717) is 31.0 Å². The molecule has 0 amide bonds. The summed E-state index contributed by atoms with van der Waals surface area (Å²) >= 11 is 0. The molecule has 0 spiro atoms. The highest BCUT2D eigenvalue weighted by Crippen LogP contribution is 2.54. The third-order valence-corrected chi connectivity index (χ3v) is 8.58. The van der Waals surface area contributed by atoms with Crippen molar-refractivity contribution in [2.24, 2.45) is 29.6 Å². The maximum absolute atomic E-state index is 6.07. The smallest absolute Gasteiger partial charge is 0.147 e. The standard InChI is InChI=1S/C21H35NO4/c1-22-10-13-5-7-16(23-2)21(24-3)19(13)14-6-4-12-8-17-18(26-11-25-17)9-15(12)20(14)22/h12-21H,4-11H2,1-3H3. The molecule has 10 atom stereocenters. The molecule has 148 valence electrons. The molecule has 5 fully saturated rings. The summed E-state index contributed by atoms with van der Waals surface area (Å²) in [6.45, 7) is 1.72. The molecule has 3 saturated carbocycles. The number of methoxy groups -OCH3 is 2. The van der Waals surface area contributed by atoms with Crippen LogP contribution in [0.25, 0.3) is 0 Å². The Morgan fingerprint density at radius 3 is 2.38 bits per heavy atom. The fraction of sp³-hybridized carbons (Fsp3) is 1.00. The SMILES string of the molecule is COC1CCC2CN(C)C3C4CC5OCOC5CC4CCC3C2C1OC. The van der Waals surface area contributed by atoms with Gasteiger partial charge in [-0.05, 0) is 75.2 Å². The zero-order valence-corrected chi connectivity index (χ0v) is 16.5. The Morgan fingerprint density at radius 1 is 0.846 bits per heavy atom. The molecule has 0 bridgehead atoms. The van der Waals surface area contributed by atoms with Gasteiger partial charge in [0.25, 0.3) is 0 Å². The molecule has 5 nitrogen and oxygen atoms in total. The predicted molar refractivity (Wildman–Crippen MR) is 97.8 cm³/mol. The third-order valence-electron chi connectivity index (χ3n) is 8.58. The van der Waals surface area contributed by atoms with Gasteiger partial charge in [0.15, 0.2) is 0 Å². The van der Waals surface area contributed by atoms with Crippen molar-refractivity contribution in [2.45, 2.75) is 69.0 Å². The van der Waals surface area contributed by atoms with Gasteiger partial charge in [0.05, 0.1) is 24.4 Å². The number of hydrogen-bond donors (Lipinski definition) is 0. The predicted octanol–water partition coefficient (Wildman–Crippen LogP) is 2.53. The van der Waals surface area contributed by atoms with Gasteiger partial charge in [-0.3, -0.25) is 0 Å². The quantitative estimate of drug-likeness (QED) is 0.752. The summed E-state index contributed by atoms with van der Waals surface area (Å²) in [4.78, 5) is 2.71. The van der Waals surface area contributed by atoms with Crippen molar-refractivity contribution >= 4 is 0 Å². The molecular formula is C21H35NO4. The summed E-state index contributed by atoms with van der Waals surface area (Å²) in [5.41, 5.74) is 0. The molecule has 2 aliphatic heterocycles. The molecule has 0 aromatic carbocycles. The van der Waals surface area contributed by atoms with Crippen molar-refractivity contribution in [3.8, 4) is 0 Å². The minimum atomic E-state index is 0.263. The van der Waals surface area contributed by atoms with Crippen LogP contribution in [0.15, 0.2) is 0 Å². The highest BCUT2D eigenvalue weighted by molar-refractivity contribution is 5.07. The molecular weight excluding hydrogens is 330 g/mol. The summed E-state index contributed by atoms with van der Waals surface area (Å²) < 4.78 is 23.7. The molecule has 0 N–H and O–H groups in total. The number of hydrogen-bond acceptors (Lipinski definition) is 5. The van der Waals surface area contributed by atoms with Crippen molar-refractivity contribution in [3.63, 3.8) is 0 Å². The first-order chi connectivity index (χ1) is 12.7. The molecule has 10 unspecified atom stereocenters. The van der Waals surface area contributed by atoms with Crippen LogP contribution in [0, 0.1) is 29.6 Å². The molecule has 5 heteroatoms. The second-order valence-electron chi connectivity index (χ2n) is 9.48. The first-order valence-corrected chi connectivity index (χ1v) is 10.7. The molecule has 2 saturated heterocycles. The van der Waals surface area contributed by atoms with E-state index in [0.717, 1.165) is 30.1 Å². The molecule has 26 heavy (non-hydrogen) atoms. The van der Waals surface area contributed by atoms with Crippen LogP contribution >= 0.6 is 0 Å². The molecule has 5 rings (SSSR count). The molecule has 5 aliphatic rings. The van der Waals surface area contributed by atoms with Crippen molar-refractivity contribution in [1.82, 2.24) is 4.90 Å². The molecule has 3 aliphatic carbocycles. The van der Waals surface area contributed by atoms with Crippen molar-refractivity contribution in [2.75, 3.05) is 34.6 Å². The van der Waals surface area contributed by atoms with Crippen molar-refractivity contribution < 1.29 is 18.9 Å². The number of ether oxygens (including phenoxy) is 4. The monoisotopic (exact) mass is 365 g/mol. The highest BCUT2D eigenvalue weighted by atomic mass is 16.7. The maximum atomic E-state index is 6.07. The van der Waals surface area contributed by atoms with Gasteiger partial charge in [-0.15, -0.1) is 0 Å². The Labute approximate surface area is 157 Å². The Balaban J connectivity index is 1.42. The summed E-state index contributed by atoms with van der Waals surface area (Å²) in [7, 11) is 6.13. The van der Waals surface area contributed by atoms with Gasteiger partial charge < -0.3 is 23.8 Å². The molecule has 0 radical (unpaired) electrons. The number of nitrogens with zero attached hydrogens (tertiary/aromatic N) is 1. The normalized spacial score (nSPS) is 54.1. The van der Waals surface area contributed by atoms with Gasteiger partial charge in [-0.1, -0.05) is 0 Å². The minimum Gasteiger partial charge on any atom is -0.379 e. The van der Waals surface area contributed by atoms with Crippen LogP contribution in [0.4, 0.5) is 0 Å². The van der Waals surface area contributed by atoms with E-state index in [2.05, 4.69) is 11.9 Å². The first kappa shape index (κ1) is 17.9. The largest absolute Gasteiger partial charge is 0.379 e. The van der Waals surface area contributed by atoms with Gasteiger partial charge in [0.2, 0.25) is 0 Å².